The van der Waals surface area contributed by atoms with Gasteiger partial charge in [-0.2, -0.15) is 0 Å². The lowest BCUT2D eigenvalue weighted by molar-refractivity contribution is 0.0953. The molecule has 0 spiro atoms. The maximum absolute atomic E-state index is 12.1. The number of unbranched alkanes of at least 4 members (excludes halogenated alkanes) is 5. The first-order valence-corrected chi connectivity index (χ1v) is 7.86. The number of oxazole rings is 1. The number of aryl methyl sites for hydroxylation is 1. The monoisotopic (exact) mass is 288 g/mol. The average molecular weight is 288 g/mol. The Balaban J connectivity index is 1.76. The molecular formula is C17H24N2O2. The van der Waals surface area contributed by atoms with Crippen molar-refractivity contribution in [2.75, 3.05) is 6.54 Å². The predicted molar refractivity (Wildman–Crippen MR) is 84.5 cm³/mol. The van der Waals surface area contributed by atoms with Crippen molar-refractivity contribution in [2.45, 2.75) is 52.4 Å². The molecule has 1 aromatic heterocycles. The largest absolute Gasteiger partial charge is 0.441 e. The first-order valence-electron chi connectivity index (χ1n) is 7.86. The van der Waals surface area contributed by atoms with E-state index in [-0.39, 0.29) is 5.91 Å². The van der Waals surface area contributed by atoms with Gasteiger partial charge in [-0.15, -0.1) is 0 Å². The zero-order valence-electron chi connectivity index (χ0n) is 12.9. The summed E-state index contributed by atoms with van der Waals surface area (Å²) in [5.74, 6) is 0.584. The van der Waals surface area contributed by atoms with Gasteiger partial charge in [0.1, 0.15) is 5.52 Å². The van der Waals surface area contributed by atoms with Crippen LogP contribution in [0.5, 0.6) is 0 Å². The van der Waals surface area contributed by atoms with Gasteiger partial charge in [0.2, 0.25) is 0 Å². The number of amides is 1. The van der Waals surface area contributed by atoms with E-state index in [1.165, 1.54) is 32.1 Å². The Labute approximate surface area is 125 Å². The second-order valence-corrected chi connectivity index (χ2v) is 5.44. The number of nitrogens with zero attached hydrogens (tertiary/aromatic N) is 1. The zero-order valence-corrected chi connectivity index (χ0v) is 12.9. The SMILES string of the molecule is CCCCCCCCNC(=O)c1ccc2oc(C)nc2c1. The summed E-state index contributed by atoms with van der Waals surface area (Å²) in [5, 5.41) is 2.96. The van der Waals surface area contributed by atoms with Crippen LogP contribution in [0.15, 0.2) is 22.6 Å². The Morgan fingerprint density at radius 3 is 2.76 bits per heavy atom. The van der Waals surface area contributed by atoms with Gasteiger partial charge in [0.25, 0.3) is 5.91 Å². The summed E-state index contributed by atoms with van der Waals surface area (Å²) in [6.45, 7) is 4.76. The summed E-state index contributed by atoms with van der Waals surface area (Å²) < 4.78 is 5.41. The number of benzene rings is 1. The molecular weight excluding hydrogens is 264 g/mol. The molecule has 1 amide bonds. The van der Waals surface area contributed by atoms with Crippen molar-refractivity contribution in [1.29, 1.82) is 0 Å². The van der Waals surface area contributed by atoms with E-state index in [1.807, 2.05) is 0 Å². The van der Waals surface area contributed by atoms with Crippen LogP contribution in [0, 0.1) is 6.92 Å². The molecule has 21 heavy (non-hydrogen) atoms. The van der Waals surface area contributed by atoms with Crippen LogP contribution in [0.3, 0.4) is 0 Å². The van der Waals surface area contributed by atoms with E-state index in [2.05, 4.69) is 17.2 Å². The maximum atomic E-state index is 12.1. The molecule has 0 saturated carbocycles. The lowest BCUT2D eigenvalue weighted by atomic mass is 10.1. The fraction of sp³-hybridized carbons (Fsp3) is 0.529. The molecule has 1 aromatic carbocycles. The van der Waals surface area contributed by atoms with Gasteiger partial charge in [-0.25, -0.2) is 4.98 Å². The average Bonchev–Trinajstić information content (AvgIpc) is 2.85. The maximum Gasteiger partial charge on any atom is 0.251 e. The topological polar surface area (TPSA) is 55.1 Å². The number of rotatable bonds is 8. The van der Waals surface area contributed by atoms with E-state index < -0.39 is 0 Å². The molecule has 2 rings (SSSR count). The van der Waals surface area contributed by atoms with Gasteiger partial charge in [-0.3, -0.25) is 4.79 Å². The van der Waals surface area contributed by atoms with Gasteiger partial charge in [0.15, 0.2) is 11.5 Å². The Bertz CT molecular complexity index is 589. The number of hydrogen-bond donors (Lipinski definition) is 1. The van der Waals surface area contributed by atoms with Gasteiger partial charge < -0.3 is 9.73 Å². The number of hydrogen-bond acceptors (Lipinski definition) is 3. The minimum absolute atomic E-state index is 0.0360. The molecule has 0 saturated heterocycles. The van der Waals surface area contributed by atoms with Crippen molar-refractivity contribution in [3.63, 3.8) is 0 Å². The number of aromatic nitrogens is 1. The molecule has 0 fully saturated rings. The summed E-state index contributed by atoms with van der Waals surface area (Å²) in [6.07, 6.45) is 7.35. The lowest BCUT2D eigenvalue weighted by Gasteiger charge is -2.05. The Hall–Kier alpha value is -1.84. The van der Waals surface area contributed by atoms with Crippen LogP contribution in [0.25, 0.3) is 11.1 Å². The first kappa shape index (κ1) is 15.5. The number of fused-ring (bicyclic) bond motifs is 1. The van der Waals surface area contributed by atoms with Crippen LogP contribution >= 0.6 is 0 Å². The third kappa shape index (κ3) is 4.59. The van der Waals surface area contributed by atoms with Crippen molar-refractivity contribution in [3.05, 3.63) is 29.7 Å². The third-order valence-corrected chi connectivity index (χ3v) is 3.57. The van der Waals surface area contributed by atoms with Crippen molar-refractivity contribution in [1.82, 2.24) is 10.3 Å². The fourth-order valence-electron chi connectivity index (χ4n) is 2.39. The van der Waals surface area contributed by atoms with E-state index in [0.29, 0.717) is 11.5 Å². The molecule has 4 heteroatoms. The van der Waals surface area contributed by atoms with Crippen molar-refractivity contribution >= 4 is 17.0 Å². The van der Waals surface area contributed by atoms with Gasteiger partial charge in [-0.1, -0.05) is 39.0 Å². The Morgan fingerprint density at radius 1 is 1.19 bits per heavy atom. The van der Waals surface area contributed by atoms with Crippen LogP contribution in [0.4, 0.5) is 0 Å². The van der Waals surface area contributed by atoms with Crippen molar-refractivity contribution in [2.24, 2.45) is 0 Å². The fourth-order valence-corrected chi connectivity index (χ4v) is 2.39. The molecule has 0 aliphatic carbocycles. The molecule has 1 N–H and O–H groups in total. The Morgan fingerprint density at radius 2 is 1.95 bits per heavy atom. The molecule has 0 aliphatic heterocycles. The molecule has 4 nitrogen and oxygen atoms in total. The highest BCUT2D eigenvalue weighted by atomic mass is 16.3. The number of carbonyl (C=O) groups is 1. The zero-order chi connectivity index (χ0) is 15.1. The van der Waals surface area contributed by atoms with Crippen molar-refractivity contribution < 1.29 is 9.21 Å². The second kappa shape index (κ2) is 7.81. The molecule has 1 heterocycles. The van der Waals surface area contributed by atoms with Crippen LogP contribution < -0.4 is 5.32 Å². The second-order valence-electron chi connectivity index (χ2n) is 5.44. The minimum Gasteiger partial charge on any atom is -0.441 e. The molecule has 0 aliphatic rings. The van der Waals surface area contributed by atoms with Crippen LogP contribution in [-0.2, 0) is 0 Å². The molecule has 0 atom stereocenters. The highest BCUT2D eigenvalue weighted by Gasteiger charge is 2.08. The summed E-state index contributed by atoms with van der Waals surface area (Å²) in [6, 6.07) is 5.36. The lowest BCUT2D eigenvalue weighted by Crippen LogP contribution is -2.24. The van der Waals surface area contributed by atoms with Crippen molar-refractivity contribution in [3.8, 4) is 0 Å². The van der Waals surface area contributed by atoms with Crippen LogP contribution in [0.2, 0.25) is 0 Å². The number of carbonyl (C=O) groups excluding carboxylic acids is 1. The smallest absolute Gasteiger partial charge is 0.251 e. The van der Waals surface area contributed by atoms with E-state index in [0.717, 1.165) is 24.1 Å². The van der Waals surface area contributed by atoms with Crippen LogP contribution in [-0.4, -0.2) is 17.4 Å². The molecule has 114 valence electrons. The quantitative estimate of drug-likeness (QED) is 0.740. The van der Waals surface area contributed by atoms with Gasteiger partial charge in [0, 0.05) is 19.0 Å². The minimum atomic E-state index is -0.0360. The van der Waals surface area contributed by atoms with E-state index in [1.54, 1.807) is 25.1 Å². The first-order chi connectivity index (χ1) is 10.2. The highest BCUT2D eigenvalue weighted by Crippen LogP contribution is 2.16. The summed E-state index contributed by atoms with van der Waals surface area (Å²) >= 11 is 0. The highest BCUT2D eigenvalue weighted by molar-refractivity contribution is 5.97. The molecule has 2 aromatic rings. The molecule has 0 bridgehead atoms. The summed E-state index contributed by atoms with van der Waals surface area (Å²) in [5.41, 5.74) is 2.10. The number of nitrogens with one attached hydrogen (secondary N) is 1. The molecule has 0 unspecified atom stereocenters. The van der Waals surface area contributed by atoms with E-state index in [4.69, 9.17) is 4.42 Å². The predicted octanol–water partition coefficient (Wildman–Crippen LogP) is 4.23. The van der Waals surface area contributed by atoms with E-state index >= 15 is 0 Å². The normalized spacial score (nSPS) is 11.0. The van der Waals surface area contributed by atoms with Gasteiger partial charge in [0.05, 0.1) is 0 Å². The summed E-state index contributed by atoms with van der Waals surface area (Å²) in [4.78, 5) is 16.3. The third-order valence-electron chi connectivity index (χ3n) is 3.57. The van der Waals surface area contributed by atoms with Gasteiger partial charge >= 0.3 is 0 Å². The molecule has 0 radical (unpaired) electrons. The standard InChI is InChI=1S/C17H24N2O2/c1-3-4-5-6-7-8-11-18-17(20)14-9-10-16-15(12-14)19-13(2)21-16/h9-10,12H,3-8,11H2,1-2H3,(H,18,20). The summed E-state index contributed by atoms with van der Waals surface area (Å²) in [7, 11) is 0. The van der Waals surface area contributed by atoms with Crippen LogP contribution in [0.1, 0.15) is 61.7 Å². The Kier molecular flexibility index (Phi) is 5.78. The van der Waals surface area contributed by atoms with Gasteiger partial charge in [-0.05, 0) is 24.6 Å². The van der Waals surface area contributed by atoms with E-state index in [9.17, 15) is 4.79 Å².